The van der Waals surface area contributed by atoms with Crippen LogP contribution in [0.5, 0.6) is 0 Å². The maximum absolute atomic E-state index is 6.64. The van der Waals surface area contributed by atoms with Crippen LogP contribution in [-0.4, -0.2) is 23.2 Å². The van der Waals surface area contributed by atoms with Crippen molar-refractivity contribution in [2.75, 3.05) is 0 Å². The Hall–Kier alpha value is -3.83. The molecular weight excluding hydrogens is 897 g/mol. The molecule has 1 aliphatic carbocycles. The van der Waals surface area contributed by atoms with E-state index in [1.807, 2.05) is 24.4 Å². The monoisotopic (exact) mass is 951 g/mol. The molecule has 279 valence electrons. The Bertz CT molecular complexity index is 2330. The van der Waals surface area contributed by atoms with Crippen LogP contribution in [0.2, 0.25) is 17.3 Å². The van der Waals surface area contributed by atoms with E-state index in [9.17, 15) is 0 Å². The quantitative estimate of drug-likeness (QED) is 0.118. The van der Waals surface area contributed by atoms with Gasteiger partial charge in [0.2, 0.25) is 0 Å². The van der Waals surface area contributed by atoms with Crippen LogP contribution < -0.4 is 4.40 Å². The molecule has 0 atom stereocenters. The molecule has 1 aliphatic rings. The van der Waals surface area contributed by atoms with Gasteiger partial charge in [-0.1, -0.05) is 111 Å². The van der Waals surface area contributed by atoms with Gasteiger partial charge in [-0.15, -0.1) is 17.7 Å². The molecule has 1 radical (unpaired) electrons. The minimum absolute atomic E-state index is 0. The van der Waals surface area contributed by atoms with Crippen molar-refractivity contribution in [2.45, 2.75) is 88.9 Å². The van der Waals surface area contributed by atoms with Gasteiger partial charge in [0.25, 0.3) is 0 Å². The smallest absolute Gasteiger partial charge is 0 e. The van der Waals surface area contributed by atoms with Crippen LogP contribution in [-0.2, 0) is 38.4 Å². The first kappa shape index (κ1) is 39.9. The second-order valence-electron chi connectivity index (χ2n) is 16.7. The maximum Gasteiger partial charge on any atom is 0 e. The van der Waals surface area contributed by atoms with Gasteiger partial charge in [-0.3, -0.25) is 0 Å². The number of pyridine rings is 2. The largest absolute Gasteiger partial charge is 0 e. The Labute approximate surface area is 338 Å². The SMILES string of the molecule is CC(C)(C)c1c[c-]c(-c2cc(CC3CCCC3)ccn2)c2oc3cc(-c4ccccc4)ccc3c12.CCc1cc(-c2[c-]cccc2)nc[c]1[Ge]([CH3])([CH3])[CH3].[Ir]. The van der Waals surface area contributed by atoms with E-state index in [2.05, 4.69) is 147 Å². The van der Waals surface area contributed by atoms with E-state index in [0.29, 0.717) is 0 Å². The average Bonchev–Trinajstić information content (AvgIpc) is 3.82. The standard InChI is InChI=1S/C33H32NO.C16H20GeN.Ir/c1-33(2,3)28-16-15-26(29-20-23(17-18-34-29)19-22-9-7-8-10-22)32-31(28)27-14-13-25(21-30(27)35-32)24-11-5-4-6-12-24;1-5-13-11-16(14-9-7-6-8-10-14)18-12-15(13)17(2,3)4;/h4-6,11-14,16-18,20-22H,7-10,19H2,1-3H3;6-9,11-12H,5H2,1-4H3;/q2*-1;. The van der Waals surface area contributed by atoms with E-state index in [4.69, 9.17) is 9.40 Å². The van der Waals surface area contributed by atoms with E-state index >= 15 is 0 Å². The van der Waals surface area contributed by atoms with Crippen LogP contribution in [0.1, 0.15) is 70.1 Å². The zero-order valence-electron chi connectivity index (χ0n) is 32.8. The fourth-order valence-corrected chi connectivity index (χ4v) is 11.4. The Balaban J connectivity index is 0.000000222. The summed E-state index contributed by atoms with van der Waals surface area (Å²) in [4.78, 5) is 9.41. The number of benzene rings is 4. The summed E-state index contributed by atoms with van der Waals surface area (Å²) in [6.45, 7) is 9.00. The number of furan rings is 1. The summed E-state index contributed by atoms with van der Waals surface area (Å²) in [5.74, 6) is 8.07. The molecule has 3 aromatic heterocycles. The van der Waals surface area contributed by atoms with E-state index < -0.39 is 13.3 Å². The second kappa shape index (κ2) is 16.9. The predicted octanol–water partition coefficient (Wildman–Crippen LogP) is 12.8. The Morgan fingerprint density at radius 1 is 0.815 bits per heavy atom. The van der Waals surface area contributed by atoms with Gasteiger partial charge in [-0.25, -0.2) is 0 Å². The zero-order chi connectivity index (χ0) is 37.2. The number of hydrogen-bond donors (Lipinski definition) is 0. The Morgan fingerprint density at radius 2 is 1.57 bits per heavy atom. The first-order chi connectivity index (χ1) is 25.5. The molecule has 0 spiro atoms. The predicted molar refractivity (Wildman–Crippen MR) is 226 cm³/mol. The summed E-state index contributed by atoms with van der Waals surface area (Å²) in [7, 11) is 0. The summed E-state index contributed by atoms with van der Waals surface area (Å²) < 4.78 is 8.16. The van der Waals surface area contributed by atoms with Crippen molar-refractivity contribution in [1.82, 2.24) is 9.97 Å². The number of aromatic nitrogens is 2. The van der Waals surface area contributed by atoms with Crippen molar-refractivity contribution in [3.8, 4) is 33.6 Å². The van der Waals surface area contributed by atoms with Crippen molar-refractivity contribution in [2.24, 2.45) is 5.92 Å². The molecule has 8 rings (SSSR count). The molecule has 0 amide bonds. The van der Waals surface area contributed by atoms with Gasteiger partial charge in [0.05, 0.1) is 5.58 Å². The number of aryl methyl sites for hydroxylation is 1. The van der Waals surface area contributed by atoms with Crippen molar-refractivity contribution in [1.29, 1.82) is 0 Å². The van der Waals surface area contributed by atoms with E-state index in [0.717, 1.165) is 63.4 Å². The van der Waals surface area contributed by atoms with Gasteiger partial charge in [-0.2, -0.15) is 0 Å². The number of nitrogens with zero attached hydrogens (tertiary/aromatic N) is 2. The molecule has 0 unspecified atom stereocenters. The first-order valence-corrected chi connectivity index (χ1v) is 26.7. The number of hydrogen-bond acceptors (Lipinski definition) is 3. The molecule has 54 heavy (non-hydrogen) atoms. The molecule has 0 aliphatic heterocycles. The van der Waals surface area contributed by atoms with Gasteiger partial charge in [0, 0.05) is 31.7 Å². The van der Waals surface area contributed by atoms with Crippen molar-refractivity contribution in [3.63, 3.8) is 0 Å². The molecule has 0 saturated heterocycles. The molecule has 0 N–H and O–H groups in total. The molecular formula is C49H52GeIrN2O-2. The van der Waals surface area contributed by atoms with Gasteiger partial charge in [-0.05, 0) is 46.7 Å². The summed E-state index contributed by atoms with van der Waals surface area (Å²) in [6, 6.07) is 40.8. The summed E-state index contributed by atoms with van der Waals surface area (Å²) in [6.07, 6.45) is 11.7. The molecule has 0 bridgehead atoms. The van der Waals surface area contributed by atoms with E-state index in [-0.39, 0.29) is 25.5 Å². The molecule has 1 saturated carbocycles. The Kier molecular flexibility index (Phi) is 12.5. The van der Waals surface area contributed by atoms with Crippen LogP contribution >= 0.6 is 0 Å². The summed E-state index contributed by atoms with van der Waals surface area (Å²) in [5.41, 5.74) is 12.3. The number of fused-ring (bicyclic) bond motifs is 3. The molecule has 7 aromatic rings. The minimum Gasteiger partial charge on any atom is 0 e. The van der Waals surface area contributed by atoms with Gasteiger partial charge in [0.15, 0.2) is 0 Å². The van der Waals surface area contributed by atoms with Crippen LogP contribution in [0.15, 0.2) is 114 Å². The molecule has 3 nitrogen and oxygen atoms in total. The third-order valence-corrected chi connectivity index (χ3v) is 15.0. The fraction of sp³-hybridized carbons (Fsp3) is 0.306. The topological polar surface area (TPSA) is 38.9 Å². The second-order valence-corrected chi connectivity index (χ2v) is 27.3. The fourth-order valence-electron chi connectivity index (χ4n) is 7.86. The van der Waals surface area contributed by atoms with E-state index in [1.54, 1.807) is 0 Å². The average molecular weight is 950 g/mol. The third-order valence-electron chi connectivity index (χ3n) is 10.7. The van der Waals surface area contributed by atoms with Crippen LogP contribution in [0.4, 0.5) is 0 Å². The van der Waals surface area contributed by atoms with Gasteiger partial charge < -0.3 is 9.40 Å². The molecule has 4 aromatic carbocycles. The van der Waals surface area contributed by atoms with Crippen LogP contribution in [0.25, 0.3) is 55.6 Å². The first-order valence-electron chi connectivity index (χ1n) is 19.4. The van der Waals surface area contributed by atoms with E-state index in [1.165, 1.54) is 57.7 Å². The normalized spacial score (nSPS) is 13.5. The van der Waals surface area contributed by atoms with Crippen molar-refractivity contribution >= 4 is 39.6 Å². The van der Waals surface area contributed by atoms with Crippen molar-refractivity contribution < 1.29 is 24.5 Å². The zero-order valence-corrected chi connectivity index (χ0v) is 37.3. The van der Waals surface area contributed by atoms with Crippen LogP contribution in [0.3, 0.4) is 0 Å². The summed E-state index contributed by atoms with van der Waals surface area (Å²) in [5, 5.41) is 2.34. The van der Waals surface area contributed by atoms with Crippen LogP contribution in [0, 0.1) is 18.1 Å². The minimum atomic E-state index is -1.80. The van der Waals surface area contributed by atoms with Gasteiger partial charge >= 0.3 is 113 Å². The van der Waals surface area contributed by atoms with Gasteiger partial charge in [0.1, 0.15) is 5.58 Å². The molecule has 1 fully saturated rings. The maximum atomic E-state index is 6.64. The molecule has 5 heteroatoms. The third kappa shape index (κ3) is 8.83. The van der Waals surface area contributed by atoms with Crippen molar-refractivity contribution in [3.05, 3.63) is 138 Å². The Morgan fingerprint density at radius 3 is 2.26 bits per heavy atom. The number of rotatable bonds is 7. The summed E-state index contributed by atoms with van der Waals surface area (Å²) >= 11 is -1.80. The molecule has 3 heterocycles.